The molecule has 0 radical (unpaired) electrons. The number of alkyl halides is 3. The van der Waals surface area contributed by atoms with Crippen molar-refractivity contribution in [2.75, 3.05) is 45.2 Å². The van der Waals surface area contributed by atoms with E-state index < -0.39 is 12.0 Å². The monoisotopic (exact) mass is 318 g/mol. The first-order valence-electron chi connectivity index (χ1n) is 7.20. The van der Waals surface area contributed by atoms with Crippen LogP contribution in [0, 0.1) is 19.8 Å². The highest BCUT2D eigenvalue weighted by Gasteiger charge is 2.35. The third-order valence-corrected chi connectivity index (χ3v) is 3.74. The van der Waals surface area contributed by atoms with E-state index >= 15 is 0 Å². The minimum Gasteiger partial charge on any atom is -0.380 e. The Bertz CT molecular complexity index is 522. The van der Waals surface area contributed by atoms with Crippen molar-refractivity contribution in [1.29, 1.82) is 0 Å². The summed E-state index contributed by atoms with van der Waals surface area (Å²) in [5.41, 5.74) is 0.968. The molecule has 1 aliphatic rings. The molecular formula is C14H21F3N4O. The average Bonchev–Trinajstić information content (AvgIpc) is 2.63. The Morgan fingerprint density at radius 2 is 2.05 bits per heavy atom. The highest BCUT2D eigenvalue weighted by molar-refractivity contribution is 5.45. The Kier molecular flexibility index (Phi) is 5.23. The molecule has 5 nitrogen and oxygen atoms in total. The van der Waals surface area contributed by atoms with Crippen molar-refractivity contribution in [2.45, 2.75) is 20.0 Å². The van der Waals surface area contributed by atoms with Crippen LogP contribution in [0.4, 0.5) is 19.0 Å². The van der Waals surface area contributed by atoms with Crippen molar-refractivity contribution < 1.29 is 17.9 Å². The van der Waals surface area contributed by atoms with Crippen molar-refractivity contribution in [3.05, 3.63) is 17.1 Å². The topological polar surface area (TPSA) is 50.3 Å². The maximum absolute atomic E-state index is 12.8. The lowest BCUT2D eigenvalue weighted by molar-refractivity contribution is -0.145. The van der Waals surface area contributed by atoms with E-state index in [1.807, 2.05) is 7.05 Å². The Morgan fingerprint density at radius 3 is 2.73 bits per heavy atom. The molecule has 0 bridgehead atoms. The van der Waals surface area contributed by atoms with E-state index in [9.17, 15) is 13.2 Å². The van der Waals surface area contributed by atoms with E-state index in [2.05, 4.69) is 20.2 Å². The van der Waals surface area contributed by atoms with Gasteiger partial charge < -0.3 is 15.0 Å². The maximum atomic E-state index is 12.8. The summed E-state index contributed by atoms with van der Waals surface area (Å²) in [5.74, 6) is -0.657. The summed E-state index contributed by atoms with van der Waals surface area (Å²) in [5, 5.41) is 3.03. The average molecular weight is 318 g/mol. The number of aryl methyl sites for hydroxylation is 1. The van der Waals surface area contributed by atoms with E-state index in [1.165, 1.54) is 0 Å². The Balaban J connectivity index is 2.10. The van der Waals surface area contributed by atoms with Crippen LogP contribution in [0.3, 0.4) is 0 Å². The number of nitrogens with one attached hydrogen (secondary N) is 1. The summed E-state index contributed by atoms with van der Waals surface area (Å²) >= 11 is 0. The van der Waals surface area contributed by atoms with Crippen LogP contribution in [0.15, 0.2) is 0 Å². The lowest BCUT2D eigenvalue weighted by atomic mass is 10.1. The third-order valence-electron chi connectivity index (χ3n) is 3.74. The number of halogens is 3. The lowest BCUT2D eigenvalue weighted by Gasteiger charge is -2.20. The fraction of sp³-hybridized carbons (Fsp3) is 0.714. The minimum atomic E-state index is -4.54. The minimum absolute atomic E-state index is 0.205. The molecule has 0 aromatic carbocycles. The van der Waals surface area contributed by atoms with Gasteiger partial charge in [-0.1, -0.05) is 0 Å². The van der Waals surface area contributed by atoms with Gasteiger partial charge >= 0.3 is 6.18 Å². The first-order valence-corrected chi connectivity index (χ1v) is 7.20. The van der Waals surface area contributed by atoms with Gasteiger partial charge in [0.05, 0.1) is 13.2 Å². The van der Waals surface area contributed by atoms with Gasteiger partial charge in [0.1, 0.15) is 5.82 Å². The standard InChI is InChI=1S/C14H21F3N4O/c1-9-10(2)19-13(14(15,16)17)20-12(9)18-6-11-7-21(3)4-5-22-8-11/h11H,4-8H2,1-3H3,(H,18,19,20). The van der Waals surface area contributed by atoms with Crippen LogP contribution in [-0.2, 0) is 10.9 Å². The molecule has 0 spiro atoms. The third kappa shape index (κ3) is 4.30. The fourth-order valence-corrected chi connectivity index (χ4v) is 2.35. The zero-order chi connectivity index (χ0) is 16.3. The number of aromatic nitrogens is 2. The molecule has 1 atom stereocenters. The van der Waals surface area contributed by atoms with Gasteiger partial charge in [-0.2, -0.15) is 13.2 Å². The summed E-state index contributed by atoms with van der Waals surface area (Å²) in [6.45, 7) is 6.75. The summed E-state index contributed by atoms with van der Waals surface area (Å²) in [6, 6.07) is 0. The van der Waals surface area contributed by atoms with Crippen LogP contribution in [0.5, 0.6) is 0 Å². The molecule has 1 unspecified atom stereocenters. The van der Waals surface area contributed by atoms with Gasteiger partial charge in [0, 0.05) is 36.8 Å². The first kappa shape index (κ1) is 17.0. The normalized spacial score (nSPS) is 20.7. The molecule has 0 aliphatic carbocycles. The number of rotatable bonds is 3. The number of ether oxygens (including phenoxy) is 1. The number of nitrogens with zero attached hydrogens (tertiary/aromatic N) is 3. The summed E-state index contributed by atoms with van der Waals surface area (Å²) in [6.07, 6.45) is -4.54. The largest absolute Gasteiger partial charge is 0.451 e. The van der Waals surface area contributed by atoms with Gasteiger partial charge in [0.15, 0.2) is 0 Å². The van der Waals surface area contributed by atoms with Crippen molar-refractivity contribution in [2.24, 2.45) is 5.92 Å². The van der Waals surface area contributed by atoms with Crippen molar-refractivity contribution in [1.82, 2.24) is 14.9 Å². The molecule has 1 aliphatic heterocycles. The molecule has 1 aromatic rings. The van der Waals surface area contributed by atoms with Crippen LogP contribution < -0.4 is 5.32 Å². The second-order valence-corrected chi connectivity index (χ2v) is 5.69. The predicted molar refractivity (Wildman–Crippen MR) is 76.8 cm³/mol. The second kappa shape index (κ2) is 6.78. The number of hydrogen-bond acceptors (Lipinski definition) is 5. The summed E-state index contributed by atoms with van der Waals surface area (Å²) < 4.78 is 43.9. The fourth-order valence-electron chi connectivity index (χ4n) is 2.35. The van der Waals surface area contributed by atoms with Gasteiger partial charge in [-0.05, 0) is 20.9 Å². The number of hydrogen-bond donors (Lipinski definition) is 1. The molecule has 1 saturated heterocycles. The smallest absolute Gasteiger partial charge is 0.380 e. The highest BCUT2D eigenvalue weighted by Crippen LogP contribution is 2.28. The quantitative estimate of drug-likeness (QED) is 0.925. The van der Waals surface area contributed by atoms with Crippen LogP contribution in [0.1, 0.15) is 17.1 Å². The van der Waals surface area contributed by atoms with Gasteiger partial charge in [0.25, 0.3) is 0 Å². The molecule has 1 N–H and O–H groups in total. The molecule has 1 fully saturated rings. The maximum Gasteiger partial charge on any atom is 0.451 e. The van der Waals surface area contributed by atoms with Gasteiger partial charge in [0.2, 0.25) is 5.82 Å². The van der Waals surface area contributed by atoms with Crippen LogP contribution in [-0.4, -0.2) is 54.8 Å². The van der Waals surface area contributed by atoms with Crippen molar-refractivity contribution in [3.63, 3.8) is 0 Å². The van der Waals surface area contributed by atoms with Gasteiger partial charge in [-0.3, -0.25) is 0 Å². The Hall–Kier alpha value is -1.41. The molecule has 1 aromatic heterocycles. The Labute approximate surface area is 127 Å². The van der Waals surface area contributed by atoms with E-state index in [-0.39, 0.29) is 11.7 Å². The Morgan fingerprint density at radius 1 is 1.32 bits per heavy atom. The number of anilines is 1. The summed E-state index contributed by atoms with van der Waals surface area (Å²) in [7, 11) is 2.00. The van der Waals surface area contributed by atoms with E-state index in [1.54, 1.807) is 13.8 Å². The predicted octanol–water partition coefficient (Wildman–Crippen LogP) is 2.10. The van der Waals surface area contributed by atoms with Crippen LogP contribution >= 0.6 is 0 Å². The SMILES string of the molecule is Cc1nc(C(F)(F)F)nc(NCC2COCCN(C)C2)c1C. The second-order valence-electron chi connectivity index (χ2n) is 5.69. The van der Waals surface area contributed by atoms with Gasteiger partial charge in [-0.15, -0.1) is 0 Å². The molecule has 2 heterocycles. The van der Waals surface area contributed by atoms with Crippen LogP contribution in [0.2, 0.25) is 0 Å². The molecule has 2 rings (SSSR count). The van der Waals surface area contributed by atoms with Crippen molar-refractivity contribution >= 4 is 5.82 Å². The molecule has 124 valence electrons. The van der Waals surface area contributed by atoms with Gasteiger partial charge in [-0.25, -0.2) is 9.97 Å². The zero-order valence-corrected chi connectivity index (χ0v) is 13.0. The first-order chi connectivity index (χ1) is 10.3. The number of likely N-dealkylation sites (N-methyl/N-ethyl adjacent to an activating group) is 1. The van der Waals surface area contributed by atoms with Crippen molar-refractivity contribution in [3.8, 4) is 0 Å². The van der Waals surface area contributed by atoms with E-state index in [0.717, 1.165) is 13.1 Å². The molecular weight excluding hydrogens is 297 g/mol. The molecule has 0 saturated carbocycles. The molecule has 8 heteroatoms. The highest BCUT2D eigenvalue weighted by atomic mass is 19.4. The summed E-state index contributed by atoms with van der Waals surface area (Å²) in [4.78, 5) is 9.30. The van der Waals surface area contributed by atoms with E-state index in [0.29, 0.717) is 31.0 Å². The molecule has 22 heavy (non-hydrogen) atoms. The van der Waals surface area contributed by atoms with Crippen LogP contribution in [0.25, 0.3) is 0 Å². The zero-order valence-electron chi connectivity index (χ0n) is 13.0. The molecule has 0 amide bonds. The lowest BCUT2D eigenvalue weighted by Crippen LogP contribution is -2.30. The van der Waals surface area contributed by atoms with E-state index in [4.69, 9.17) is 4.74 Å².